The number of ether oxygens (including phenoxy) is 2. The van der Waals surface area contributed by atoms with E-state index in [0.717, 1.165) is 22.9 Å². The first-order valence-corrected chi connectivity index (χ1v) is 13.2. The lowest BCUT2D eigenvalue weighted by Crippen LogP contribution is -2.39. The first-order chi connectivity index (χ1) is 19.2. The van der Waals surface area contributed by atoms with Crippen LogP contribution in [0.3, 0.4) is 0 Å². The van der Waals surface area contributed by atoms with Crippen molar-refractivity contribution in [1.29, 1.82) is 0 Å². The summed E-state index contributed by atoms with van der Waals surface area (Å²) < 4.78 is 13.0. The highest BCUT2D eigenvalue weighted by molar-refractivity contribution is 7.07. The minimum absolute atomic E-state index is 0.127. The van der Waals surface area contributed by atoms with Gasteiger partial charge in [0.1, 0.15) is 11.9 Å². The number of pyridine rings is 1. The van der Waals surface area contributed by atoms with Crippen molar-refractivity contribution < 1.29 is 19.2 Å². The highest BCUT2D eigenvalue weighted by atomic mass is 32.1. The van der Waals surface area contributed by atoms with Crippen LogP contribution in [0.1, 0.15) is 36.6 Å². The minimum Gasteiger partial charge on any atom is -0.463 e. The molecule has 1 atom stereocenters. The van der Waals surface area contributed by atoms with Gasteiger partial charge < -0.3 is 9.47 Å². The Bertz CT molecular complexity index is 1800. The van der Waals surface area contributed by atoms with Crippen LogP contribution in [0.15, 0.2) is 87.9 Å². The Balaban J connectivity index is 1.50. The normalized spacial score (nSPS) is 14.9. The summed E-state index contributed by atoms with van der Waals surface area (Å²) in [5, 5.41) is 10.8. The maximum Gasteiger partial charge on any atom is 0.338 e. The van der Waals surface area contributed by atoms with Crippen LogP contribution < -0.4 is 19.6 Å². The number of nitro groups is 1. The van der Waals surface area contributed by atoms with E-state index in [1.54, 1.807) is 48.8 Å². The van der Waals surface area contributed by atoms with Gasteiger partial charge in [0.05, 0.1) is 33.4 Å². The van der Waals surface area contributed by atoms with Crippen molar-refractivity contribution in [1.82, 2.24) is 9.55 Å². The van der Waals surface area contributed by atoms with Crippen molar-refractivity contribution in [3.05, 3.63) is 125 Å². The van der Waals surface area contributed by atoms with Crippen molar-refractivity contribution in [2.45, 2.75) is 26.8 Å². The molecule has 1 aliphatic heterocycles. The highest BCUT2D eigenvalue weighted by Gasteiger charge is 2.33. The Morgan fingerprint density at radius 1 is 1.10 bits per heavy atom. The third-order valence-electron chi connectivity index (χ3n) is 6.24. The topological polar surface area (TPSA) is 126 Å². The van der Waals surface area contributed by atoms with Crippen molar-refractivity contribution in [3.8, 4) is 11.6 Å². The van der Waals surface area contributed by atoms with Crippen molar-refractivity contribution in [2.24, 2.45) is 4.99 Å². The summed E-state index contributed by atoms with van der Waals surface area (Å²) in [5.74, 6) is 0.200. The fourth-order valence-electron chi connectivity index (χ4n) is 4.30. The number of carbonyl (C=O) groups excluding carboxylic acids is 1. The number of benzene rings is 2. The maximum atomic E-state index is 13.7. The molecule has 0 aliphatic carbocycles. The van der Waals surface area contributed by atoms with Crippen LogP contribution in [0.4, 0.5) is 5.69 Å². The lowest BCUT2D eigenvalue weighted by atomic mass is 9.95. The minimum atomic E-state index is -0.664. The number of hydrogen-bond acceptors (Lipinski definition) is 9. The molecular weight excluding hydrogens is 532 g/mol. The summed E-state index contributed by atoms with van der Waals surface area (Å²) in [5.41, 5.74) is 3.06. The molecule has 0 saturated heterocycles. The molecule has 2 aromatic carbocycles. The molecule has 0 N–H and O–H groups in total. The standard InChI is InChI=1S/C29H24N4O6S/c1-4-38-28(35)25-18(3)31-29-32(26(25)20-9-5-17(2)6-10-20)27(34)23(40-29)15-19-7-12-22(13-8-19)39-24-14-11-21(16-30-24)33(36)37/h5-16,26H,4H2,1-3H3/b23-15+/t26-/m0/s1. The van der Waals surface area contributed by atoms with Crippen LogP contribution in [0.25, 0.3) is 6.08 Å². The smallest absolute Gasteiger partial charge is 0.338 e. The molecule has 4 aromatic rings. The molecule has 11 heteroatoms. The molecular formula is C29H24N4O6S. The summed E-state index contributed by atoms with van der Waals surface area (Å²) >= 11 is 1.25. The Kier molecular flexibility index (Phi) is 7.39. The first kappa shape index (κ1) is 26.7. The second-order valence-electron chi connectivity index (χ2n) is 9.00. The fourth-order valence-corrected chi connectivity index (χ4v) is 5.35. The zero-order valence-corrected chi connectivity index (χ0v) is 22.7. The average Bonchev–Trinajstić information content (AvgIpc) is 3.24. The van der Waals surface area contributed by atoms with E-state index < -0.39 is 16.9 Å². The predicted molar refractivity (Wildman–Crippen MR) is 149 cm³/mol. The Hall–Kier alpha value is -4.90. The maximum absolute atomic E-state index is 13.7. The number of thiazole rings is 1. The van der Waals surface area contributed by atoms with Gasteiger partial charge in [0, 0.05) is 12.1 Å². The van der Waals surface area contributed by atoms with Crippen LogP contribution >= 0.6 is 11.3 Å². The predicted octanol–water partition coefficient (Wildman–Crippen LogP) is 4.20. The monoisotopic (exact) mass is 556 g/mol. The number of nitrogens with zero attached hydrogens (tertiary/aromatic N) is 4. The van der Waals surface area contributed by atoms with Crippen molar-refractivity contribution in [3.63, 3.8) is 0 Å². The molecule has 0 amide bonds. The van der Waals surface area contributed by atoms with E-state index in [9.17, 15) is 19.7 Å². The number of esters is 1. The van der Waals surface area contributed by atoms with Gasteiger partial charge in [-0.1, -0.05) is 53.3 Å². The summed E-state index contributed by atoms with van der Waals surface area (Å²) in [4.78, 5) is 46.0. The van der Waals surface area contributed by atoms with Gasteiger partial charge in [0.2, 0.25) is 5.88 Å². The van der Waals surface area contributed by atoms with Gasteiger partial charge >= 0.3 is 5.97 Å². The number of fused-ring (bicyclic) bond motifs is 1. The summed E-state index contributed by atoms with van der Waals surface area (Å²) in [6.45, 7) is 5.67. The van der Waals surface area contributed by atoms with E-state index in [-0.39, 0.29) is 23.7 Å². The average molecular weight is 557 g/mol. The zero-order chi connectivity index (χ0) is 28.4. The molecule has 0 spiro atoms. The molecule has 1 aliphatic rings. The number of aromatic nitrogens is 2. The Morgan fingerprint density at radius 2 is 1.82 bits per heavy atom. The van der Waals surface area contributed by atoms with E-state index in [0.29, 0.717) is 26.4 Å². The van der Waals surface area contributed by atoms with Gasteiger partial charge in [-0.15, -0.1) is 0 Å². The van der Waals surface area contributed by atoms with Crippen LogP contribution in [-0.2, 0) is 9.53 Å². The third-order valence-corrected chi connectivity index (χ3v) is 7.22. The van der Waals surface area contributed by atoms with Crippen LogP contribution in [0, 0.1) is 17.0 Å². The molecule has 0 unspecified atom stereocenters. The lowest BCUT2D eigenvalue weighted by molar-refractivity contribution is -0.385. The van der Waals surface area contributed by atoms with Gasteiger partial charge in [-0.05, 0) is 50.1 Å². The molecule has 0 bridgehead atoms. The number of hydrogen-bond donors (Lipinski definition) is 0. The van der Waals surface area contributed by atoms with E-state index in [1.165, 1.54) is 23.5 Å². The fraction of sp³-hybridized carbons (Fsp3) is 0.172. The Morgan fingerprint density at radius 3 is 2.45 bits per heavy atom. The van der Waals surface area contributed by atoms with Crippen LogP contribution in [0.2, 0.25) is 0 Å². The SMILES string of the molecule is CCOC(=O)C1=C(C)N=c2s/c(=C/c3ccc(Oc4ccc([N+](=O)[O-])cn4)cc3)c(=O)n2[C@H]1c1ccc(C)cc1. The molecule has 40 heavy (non-hydrogen) atoms. The number of allylic oxidation sites excluding steroid dienone is 1. The van der Waals surface area contributed by atoms with Gasteiger partial charge in [-0.25, -0.2) is 14.8 Å². The van der Waals surface area contributed by atoms with Crippen LogP contribution in [0.5, 0.6) is 11.6 Å². The molecule has 3 heterocycles. The highest BCUT2D eigenvalue weighted by Crippen LogP contribution is 2.31. The Labute approximate surface area is 232 Å². The first-order valence-electron chi connectivity index (χ1n) is 12.4. The second kappa shape index (κ2) is 11.1. The molecule has 10 nitrogen and oxygen atoms in total. The van der Waals surface area contributed by atoms with E-state index in [2.05, 4.69) is 9.98 Å². The molecule has 0 fully saturated rings. The quantitative estimate of drug-likeness (QED) is 0.190. The molecule has 202 valence electrons. The molecule has 2 aromatic heterocycles. The number of rotatable bonds is 7. The number of carbonyl (C=O) groups is 1. The second-order valence-corrected chi connectivity index (χ2v) is 10.0. The lowest BCUT2D eigenvalue weighted by Gasteiger charge is -2.24. The van der Waals surface area contributed by atoms with Gasteiger partial charge in [-0.3, -0.25) is 19.5 Å². The summed E-state index contributed by atoms with van der Waals surface area (Å²) in [6, 6.07) is 16.8. The largest absolute Gasteiger partial charge is 0.463 e. The molecule has 0 saturated carbocycles. The van der Waals surface area contributed by atoms with Gasteiger partial charge in [0.25, 0.3) is 11.2 Å². The molecule has 0 radical (unpaired) electrons. The third kappa shape index (κ3) is 5.32. The van der Waals surface area contributed by atoms with Crippen LogP contribution in [-0.4, -0.2) is 27.1 Å². The number of aryl methyl sites for hydroxylation is 1. The zero-order valence-electron chi connectivity index (χ0n) is 21.9. The van der Waals surface area contributed by atoms with Crippen molar-refractivity contribution in [2.75, 3.05) is 6.61 Å². The summed E-state index contributed by atoms with van der Waals surface area (Å²) in [7, 11) is 0. The van der Waals surface area contributed by atoms with Gasteiger partial charge in [-0.2, -0.15) is 0 Å². The van der Waals surface area contributed by atoms with Crippen molar-refractivity contribution >= 4 is 29.1 Å². The van der Waals surface area contributed by atoms with E-state index in [4.69, 9.17) is 9.47 Å². The van der Waals surface area contributed by atoms with E-state index >= 15 is 0 Å². The van der Waals surface area contributed by atoms with Gasteiger partial charge in [0.15, 0.2) is 4.80 Å². The summed E-state index contributed by atoms with van der Waals surface area (Å²) in [6.07, 6.45) is 2.88. The van der Waals surface area contributed by atoms with E-state index in [1.807, 2.05) is 31.2 Å². The molecule has 5 rings (SSSR count).